The van der Waals surface area contributed by atoms with Crippen LogP contribution in [0.2, 0.25) is 0 Å². The molecule has 1 amide bonds. The number of nitrogens with one attached hydrogen (secondary N) is 1. The SMILES string of the molecule is O=C(NO)c1cnc(N=C=C=NS(=O)(=O)c2ccc3ccccc3c2)nc1. The number of amides is 1. The zero-order valence-corrected chi connectivity index (χ0v) is 14.4. The highest BCUT2D eigenvalue weighted by Crippen LogP contribution is 2.19. The molecule has 2 N–H and O–H groups in total. The average Bonchev–Trinajstić information content (AvgIpc) is 2.70. The molecule has 0 atom stereocenters. The van der Waals surface area contributed by atoms with E-state index in [2.05, 4.69) is 31.1 Å². The van der Waals surface area contributed by atoms with Crippen LogP contribution in [0.25, 0.3) is 10.8 Å². The molecule has 0 bridgehead atoms. The van der Waals surface area contributed by atoms with Gasteiger partial charge in [-0.25, -0.2) is 15.4 Å². The molecule has 0 saturated carbocycles. The van der Waals surface area contributed by atoms with E-state index in [0.29, 0.717) is 0 Å². The molecule has 0 aliphatic carbocycles. The van der Waals surface area contributed by atoms with Crippen molar-refractivity contribution in [1.82, 2.24) is 15.4 Å². The number of sulfonamides is 1. The third-order valence-corrected chi connectivity index (χ3v) is 4.57. The van der Waals surface area contributed by atoms with Crippen molar-refractivity contribution >= 4 is 44.4 Å². The second-order valence-corrected chi connectivity index (χ2v) is 6.73. The van der Waals surface area contributed by atoms with E-state index in [9.17, 15) is 13.2 Å². The van der Waals surface area contributed by atoms with E-state index < -0.39 is 15.9 Å². The van der Waals surface area contributed by atoms with Gasteiger partial charge in [-0.05, 0) is 22.9 Å². The van der Waals surface area contributed by atoms with Crippen LogP contribution in [0.15, 0.2) is 69.1 Å². The molecule has 2 aromatic carbocycles. The Morgan fingerprint density at radius 3 is 2.44 bits per heavy atom. The van der Waals surface area contributed by atoms with Crippen molar-refractivity contribution in [3.63, 3.8) is 0 Å². The maximum absolute atomic E-state index is 12.2. The van der Waals surface area contributed by atoms with Gasteiger partial charge in [0.15, 0.2) is 0 Å². The summed E-state index contributed by atoms with van der Waals surface area (Å²) in [6, 6.07) is 12.0. The molecule has 0 unspecified atom stereocenters. The topological polar surface area (TPSA) is 134 Å². The lowest BCUT2D eigenvalue weighted by Gasteiger charge is -2.00. The van der Waals surface area contributed by atoms with Crippen molar-refractivity contribution in [2.75, 3.05) is 0 Å². The van der Waals surface area contributed by atoms with Crippen LogP contribution >= 0.6 is 0 Å². The molecular weight excluding hydrogens is 370 g/mol. The van der Waals surface area contributed by atoms with E-state index in [4.69, 9.17) is 5.21 Å². The van der Waals surface area contributed by atoms with E-state index in [0.717, 1.165) is 23.2 Å². The number of hydrogen-bond acceptors (Lipinski definition) is 7. The number of carbonyl (C=O) groups is 1. The summed E-state index contributed by atoms with van der Waals surface area (Å²) in [5.74, 6) is 3.41. The molecule has 3 aromatic rings. The molecule has 9 nitrogen and oxygen atoms in total. The zero-order valence-electron chi connectivity index (χ0n) is 13.6. The Kier molecular flexibility index (Phi) is 5.16. The highest BCUT2D eigenvalue weighted by atomic mass is 32.2. The van der Waals surface area contributed by atoms with Gasteiger partial charge in [0.25, 0.3) is 21.9 Å². The van der Waals surface area contributed by atoms with Crippen LogP contribution in [0, 0.1) is 0 Å². The molecule has 1 aromatic heterocycles. The number of benzene rings is 2. The molecule has 0 radical (unpaired) electrons. The quantitative estimate of drug-likeness (QED) is 0.401. The van der Waals surface area contributed by atoms with Gasteiger partial charge in [-0.1, -0.05) is 30.3 Å². The number of hydroxylamine groups is 1. The van der Waals surface area contributed by atoms with Gasteiger partial charge in [0, 0.05) is 12.4 Å². The molecule has 1 heterocycles. The number of fused-ring (bicyclic) bond motifs is 1. The van der Waals surface area contributed by atoms with Crippen molar-refractivity contribution in [2.45, 2.75) is 4.90 Å². The number of carbonyl (C=O) groups excluding carboxylic acids is 1. The summed E-state index contributed by atoms with van der Waals surface area (Å²) in [5, 5.41) is 10.2. The summed E-state index contributed by atoms with van der Waals surface area (Å²) < 4.78 is 27.8. The molecule has 0 saturated heterocycles. The summed E-state index contributed by atoms with van der Waals surface area (Å²) in [5.41, 5.74) is 1.46. The molecular formula is C17H11N5O4S. The van der Waals surface area contributed by atoms with E-state index in [1.54, 1.807) is 12.1 Å². The van der Waals surface area contributed by atoms with Crippen molar-refractivity contribution in [1.29, 1.82) is 0 Å². The van der Waals surface area contributed by atoms with Gasteiger partial charge >= 0.3 is 0 Å². The summed E-state index contributed by atoms with van der Waals surface area (Å²) in [6.45, 7) is 0. The van der Waals surface area contributed by atoms with Gasteiger partial charge in [-0.2, -0.15) is 13.4 Å². The number of rotatable bonds is 4. The highest BCUT2D eigenvalue weighted by molar-refractivity contribution is 7.90. The normalized spacial score (nSPS) is 10.6. The third-order valence-electron chi connectivity index (χ3n) is 3.39. The molecule has 27 heavy (non-hydrogen) atoms. The summed E-state index contributed by atoms with van der Waals surface area (Å²) in [4.78, 5) is 22.3. The Hall–Kier alpha value is -3.68. The second-order valence-electron chi connectivity index (χ2n) is 5.12. The van der Waals surface area contributed by atoms with E-state index in [-0.39, 0.29) is 16.4 Å². The third kappa shape index (κ3) is 4.30. The predicted molar refractivity (Wildman–Crippen MR) is 96.9 cm³/mol. The maximum Gasteiger partial charge on any atom is 0.290 e. The lowest BCUT2D eigenvalue weighted by atomic mass is 10.1. The molecule has 134 valence electrons. The largest absolute Gasteiger partial charge is 0.290 e. The Balaban J connectivity index is 1.84. The first-order valence-electron chi connectivity index (χ1n) is 7.42. The number of nitrogens with zero attached hydrogens (tertiary/aromatic N) is 4. The van der Waals surface area contributed by atoms with Crippen molar-refractivity contribution in [3.05, 3.63) is 60.4 Å². The molecule has 0 aliphatic rings. The first kappa shape index (κ1) is 18.1. The number of aromatic nitrogens is 2. The Bertz CT molecular complexity index is 1210. The molecule has 0 fully saturated rings. The lowest BCUT2D eigenvalue weighted by molar-refractivity contribution is 0.0705. The van der Waals surface area contributed by atoms with Crippen LogP contribution in [0.3, 0.4) is 0 Å². The first-order chi connectivity index (χ1) is 13.0. The van der Waals surface area contributed by atoms with Gasteiger partial charge in [-0.3, -0.25) is 10.0 Å². The minimum atomic E-state index is -3.96. The van der Waals surface area contributed by atoms with Crippen LogP contribution in [-0.4, -0.2) is 41.2 Å². The fourth-order valence-corrected chi connectivity index (χ4v) is 2.88. The van der Waals surface area contributed by atoms with E-state index in [1.807, 2.05) is 18.2 Å². The van der Waals surface area contributed by atoms with Gasteiger partial charge in [-0.15, -0.1) is 4.40 Å². The van der Waals surface area contributed by atoms with Crippen molar-refractivity contribution < 1.29 is 18.4 Å². The summed E-state index contributed by atoms with van der Waals surface area (Å²) >= 11 is 0. The van der Waals surface area contributed by atoms with Gasteiger partial charge in [0.05, 0.1) is 22.2 Å². The van der Waals surface area contributed by atoms with Crippen LogP contribution in [0.5, 0.6) is 0 Å². The fraction of sp³-hybridized carbons (Fsp3) is 0. The average molecular weight is 381 g/mol. The van der Waals surface area contributed by atoms with Gasteiger partial charge in [0.2, 0.25) is 0 Å². The van der Waals surface area contributed by atoms with Crippen LogP contribution in [0.4, 0.5) is 5.95 Å². The van der Waals surface area contributed by atoms with Gasteiger partial charge in [0.1, 0.15) is 0 Å². The lowest BCUT2D eigenvalue weighted by Crippen LogP contribution is -2.18. The van der Waals surface area contributed by atoms with Crippen LogP contribution < -0.4 is 5.48 Å². The monoisotopic (exact) mass is 381 g/mol. The van der Waals surface area contributed by atoms with E-state index in [1.165, 1.54) is 17.6 Å². The number of aliphatic imine (C=N–C) groups is 1. The molecule has 0 aliphatic heterocycles. The Morgan fingerprint density at radius 2 is 1.74 bits per heavy atom. The Labute approximate surface area is 153 Å². The van der Waals surface area contributed by atoms with Crippen LogP contribution in [0.1, 0.15) is 10.4 Å². The predicted octanol–water partition coefficient (Wildman–Crippen LogP) is 1.66. The zero-order chi connectivity index (χ0) is 19.3. The summed E-state index contributed by atoms with van der Waals surface area (Å²) in [7, 11) is -3.96. The first-order valence-corrected chi connectivity index (χ1v) is 8.86. The molecule has 10 heteroatoms. The summed E-state index contributed by atoms with van der Waals surface area (Å²) in [6.07, 6.45) is 2.25. The highest BCUT2D eigenvalue weighted by Gasteiger charge is 2.12. The maximum atomic E-state index is 12.2. The second kappa shape index (κ2) is 7.69. The molecule has 3 rings (SSSR count). The van der Waals surface area contributed by atoms with Crippen LogP contribution in [-0.2, 0) is 10.0 Å². The molecule has 0 spiro atoms. The fourth-order valence-electron chi connectivity index (χ4n) is 2.10. The van der Waals surface area contributed by atoms with E-state index >= 15 is 0 Å². The number of hydrogen-bond donors (Lipinski definition) is 2. The minimum Gasteiger partial charge on any atom is -0.288 e. The van der Waals surface area contributed by atoms with Gasteiger partial charge < -0.3 is 0 Å². The van der Waals surface area contributed by atoms with Crippen molar-refractivity contribution in [2.24, 2.45) is 9.39 Å². The standard InChI is InChI=1S/C17H11N5O4S/c23-16(22-24)14-10-19-17(20-11-14)18-7-8-21-27(25,26)15-6-5-12-3-1-2-4-13(12)9-15/h1-6,9-11,24H,(H,22,23). The van der Waals surface area contributed by atoms with Crippen molar-refractivity contribution in [3.8, 4) is 0 Å². The Morgan fingerprint density at radius 1 is 1.04 bits per heavy atom. The minimum absolute atomic E-state index is 0.0196. The smallest absolute Gasteiger partial charge is 0.288 e.